The Bertz CT molecular complexity index is 842. The summed E-state index contributed by atoms with van der Waals surface area (Å²) in [7, 11) is 0. The highest BCUT2D eigenvalue weighted by Crippen LogP contribution is 2.23. The SMILES string of the molecule is CCc1nnc(NC(=O)COc2ccc(-c3ccc(C)cc3)cc2)s1. The largest absolute Gasteiger partial charge is 0.484 e. The van der Waals surface area contributed by atoms with E-state index in [0.29, 0.717) is 10.9 Å². The predicted octanol–water partition coefficient (Wildman–Crippen LogP) is 4.09. The van der Waals surface area contributed by atoms with Crippen LogP contribution < -0.4 is 10.1 Å². The van der Waals surface area contributed by atoms with Gasteiger partial charge in [0.1, 0.15) is 10.8 Å². The summed E-state index contributed by atoms with van der Waals surface area (Å²) in [6.45, 7) is 4.00. The first-order valence-corrected chi connectivity index (χ1v) is 8.88. The molecule has 2 aromatic carbocycles. The molecule has 0 spiro atoms. The zero-order chi connectivity index (χ0) is 17.6. The Balaban J connectivity index is 1.54. The second-order valence-corrected chi connectivity index (χ2v) is 6.64. The van der Waals surface area contributed by atoms with Gasteiger partial charge in [-0.05, 0) is 36.6 Å². The van der Waals surface area contributed by atoms with Crippen molar-refractivity contribution < 1.29 is 9.53 Å². The van der Waals surface area contributed by atoms with Gasteiger partial charge in [0.05, 0.1) is 0 Å². The van der Waals surface area contributed by atoms with Crippen molar-refractivity contribution in [3.05, 3.63) is 59.1 Å². The number of carbonyl (C=O) groups excluding carboxylic acids is 1. The number of rotatable bonds is 6. The van der Waals surface area contributed by atoms with E-state index < -0.39 is 0 Å². The third-order valence-electron chi connectivity index (χ3n) is 3.62. The molecule has 0 bridgehead atoms. The van der Waals surface area contributed by atoms with Gasteiger partial charge in [0.2, 0.25) is 5.13 Å². The Kier molecular flexibility index (Phi) is 5.40. The third-order valence-corrected chi connectivity index (χ3v) is 4.61. The molecule has 1 heterocycles. The van der Waals surface area contributed by atoms with Gasteiger partial charge in [0.25, 0.3) is 5.91 Å². The van der Waals surface area contributed by atoms with Crippen molar-refractivity contribution in [3.8, 4) is 16.9 Å². The Morgan fingerprint density at radius 1 is 1.04 bits per heavy atom. The molecule has 0 fully saturated rings. The van der Waals surface area contributed by atoms with Crippen molar-refractivity contribution >= 4 is 22.4 Å². The summed E-state index contributed by atoms with van der Waals surface area (Å²) >= 11 is 1.37. The van der Waals surface area contributed by atoms with E-state index in [9.17, 15) is 4.79 Å². The molecule has 0 saturated heterocycles. The van der Waals surface area contributed by atoms with Gasteiger partial charge in [-0.25, -0.2) is 0 Å². The molecule has 0 saturated carbocycles. The average Bonchev–Trinajstić information content (AvgIpc) is 3.09. The first kappa shape index (κ1) is 17.1. The number of nitrogens with zero attached hydrogens (tertiary/aromatic N) is 2. The van der Waals surface area contributed by atoms with Crippen LogP contribution in [0.4, 0.5) is 5.13 Å². The summed E-state index contributed by atoms with van der Waals surface area (Å²) in [5.74, 6) is 0.402. The van der Waals surface area contributed by atoms with Crippen LogP contribution in [0.2, 0.25) is 0 Å². The molecule has 1 aromatic heterocycles. The molecule has 1 N–H and O–H groups in total. The summed E-state index contributed by atoms with van der Waals surface area (Å²) in [4.78, 5) is 11.9. The smallest absolute Gasteiger partial charge is 0.264 e. The number of aryl methyl sites for hydroxylation is 2. The Hall–Kier alpha value is -2.73. The van der Waals surface area contributed by atoms with Crippen molar-refractivity contribution in [1.82, 2.24) is 10.2 Å². The Morgan fingerprint density at radius 2 is 1.68 bits per heavy atom. The van der Waals surface area contributed by atoms with Crippen LogP contribution in [-0.4, -0.2) is 22.7 Å². The van der Waals surface area contributed by atoms with Crippen molar-refractivity contribution in [1.29, 1.82) is 0 Å². The van der Waals surface area contributed by atoms with Gasteiger partial charge in [-0.1, -0.05) is 60.2 Å². The number of benzene rings is 2. The zero-order valence-corrected chi connectivity index (χ0v) is 15.0. The molecular formula is C19H19N3O2S. The van der Waals surface area contributed by atoms with Crippen LogP contribution in [0.5, 0.6) is 5.75 Å². The fourth-order valence-corrected chi connectivity index (χ4v) is 2.94. The zero-order valence-electron chi connectivity index (χ0n) is 14.2. The van der Waals surface area contributed by atoms with Crippen LogP contribution >= 0.6 is 11.3 Å². The molecule has 0 aliphatic rings. The molecule has 0 unspecified atom stereocenters. The molecule has 0 radical (unpaired) electrons. The van der Waals surface area contributed by atoms with Crippen molar-refractivity contribution in [2.24, 2.45) is 0 Å². The molecule has 3 rings (SSSR count). The number of amides is 1. The molecule has 128 valence electrons. The Morgan fingerprint density at radius 3 is 2.28 bits per heavy atom. The summed E-state index contributed by atoms with van der Waals surface area (Å²) in [5.41, 5.74) is 3.49. The lowest BCUT2D eigenvalue weighted by Crippen LogP contribution is -2.20. The lowest BCUT2D eigenvalue weighted by molar-refractivity contribution is -0.118. The van der Waals surface area contributed by atoms with E-state index in [1.807, 2.05) is 31.2 Å². The number of hydrogen-bond donors (Lipinski definition) is 1. The van der Waals surface area contributed by atoms with E-state index in [2.05, 4.69) is 46.7 Å². The molecule has 0 atom stereocenters. The minimum Gasteiger partial charge on any atom is -0.484 e. The normalized spacial score (nSPS) is 10.5. The summed E-state index contributed by atoms with van der Waals surface area (Å²) in [6.07, 6.45) is 0.803. The predicted molar refractivity (Wildman–Crippen MR) is 100 cm³/mol. The highest BCUT2D eigenvalue weighted by Gasteiger charge is 2.08. The van der Waals surface area contributed by atoms with E-state index in [1.54, 1.807) is 0 Å². The second-order valence-electron chi connectivity index (χ2n) is 5.58. The number of aromatic nitrogens is 2. The molecule has 1 amide bonds. The molecule has 25 heavy (non-hydrogen) atoms. The Labute approximate surface area is 150 Å². The summed E-state index contributed by atoms with van der Waals surface area (Å²) in [5, 5.41) is 12.0. The number of anilines is 1. The quantitative estimate of drug-likeness (QED) is 0.725. The van der Waals surface area contributed by atoms with Crippen molar-refractivity contribution in [3.63, 3.8) is 0 Å². The summed E-state index contributed by atoms with van der Waals surface area (Å²) < 4.78 is 5.53. The van der Waals surface area contributed by atoms with Gasteiger partial charge in [-0.2, -0.15) is 0 Å². The minimum absolute atomic E-state index is 0.0646. The van der Waals surface area contributed by atoms with Crippen LogP contribution in [0.25, 0.3) is 11.1 Å². The number of nitrogens with one attached hydrogen (secondary N) is 1. The second kappa shape index (κ2) is 7.90. The van der Waals surface area contributed by atoms with Crippen molar-refractivity contribution in [2.75, 3.05) is 11.9 Å². The fourth-order valence-electron chi connectivity index (χ4n) is 2.24. The molecule has 0 aliphatic heterocycles. The number of hydrogen-bond acceptors (Lipinski definition) is 5. The fraction of sp³-hybridized carbons (Fsp3) is 0.211. The maximum atomic E-state index is 11.9. The van der Waals surface area contributed by atoms with Crippen LogP contribution in [-0.2, 0) is 11.2 Å². The third kappa shape index (κ3) is 4.64. The van der Waals surface area contributed by atoms with Crippen LogP contribution in [0, 0.1) is 6.92 Å². The van der Waals surface area contributed by atoms with Crippen molar-refractivity contribution in [2.45, 2.75) is 20.3 Å². The monoisotopic (exact) mass is 353 g/mol. The highest BCUT2D eigenvalue weighted by molar-refractivity contribution is 7.15. The molecule has 6 heteroatoms. The number of carbonyl (C=O) groups is 1. The standard InChI is InChI=1S/C19H19N3O2S/c1-3-18-21-22-19(25-18)20-17(23)12-24-16-10-8-15(9-11-16)14-6-4-13(2)5-7-14/h4-11H,3,12H2,1-2H3,(H,20,22,23). The molecule has 5 nitrogen and oxygen atoms in total. The highest BCUT2D eigenvalue weighted by atomic mass is 32.1. The molecule has 0 aliphatic carbocycles. The lowest BCUT2D eigenvalue weighted by atomic mass is 10.0. The lowest BCUT2D eigenvalue weighted by Gasteiger charge is -2.07. The topological polar surface area (TPSA) is 64.1 Å². The van der Waals surface area contributed by atoms with Crippen LogP contribution in [0.15, 0.2) is 48.5 Å². The van der Waals surface area contributed by atoms with Crippen LogP contribution in [0.1, 0.15) is 17.5 Å². The van der Waals surface area contributed by atoms with E-state index in [0.717, 1.165) is 22.6 Å². The number of ether oxygens (including phenoxy) is 1. The maximum absolute atomic E-state index is 11.9. The molecular weight excluding hydrogens is 334 g/mol. The van der Waals surface area contributed by atoms with E-state index in [-0.39, 0.29) is 12.5 Å². The molecule has 3 aromatic rings. The first-order chi connectivity index (χ1) is 12.1. The van der Waals surface area contributed by atoms with Gasteiger partial charge in [-0.3, -0.25) is 10.1 Å². The van der Waals surface area contributed by atoms with Crippen LogP contribution in [0.3, 0.4) is 0 Å². The van der Waals surface area contributed by atoms with Gasteiger partial charge >= 0.3 is 0 Å². The van der Waals surface area contributed by atoms with E-state index in [4.69, 9.17) is 4.74 Å². The maximum Gasteiger partial charge on any atom is 0.264 e. The van der Waals surface area contributed by atoms with Gasteiger partial charge < -0.3 is 4.74 Å². The van der Waals surface area contributed by atoms with Gasteiger partial charge in [0, 0.05) is 0 Å². The van der Waals surface area contributed by atoms with E-state index in [1.165, 1.54) is 16.9 Å². The van der Waals surface area contributed by atoms with Gasteiger partial charge in [-0.15, -0.1) is 10.2 Å². The minimum atomic E-state index is -0.249. The first-order valence-electron chi connectivity index (χ1n) is 8.06. The summed E-state index contributed by atoms with van der Waals surface area (Å²) in [6, 6.07) is 16.0. The van der Waals surface area contributed by atoms with Gasteiger partial charge in [0.15, 0.2) is 6.61 Å². The van der Waals surface area contributed by atoms with E-state index >= 15 is 0 Å². The average molecular weight is 353 g/mol.